The van der Waals surface area contributed by atoms with Crippen molar-refractivity contribution >= 4 is 28.4 Å². The summed E-state index contributed by atoms with van der Waals surface area (Å²) in [7, 11) is 0. The SMILES string of the molecule is CCOc1cc(Cn2ncc(I)c2N)ccc1OC(F)F. The highest BCUT2D eigenvalue weighted by molar-refractivity contribution is 14.1. The van der Waals surface area contributed by atoms with E-state index in [1.54, 1.807) is 29.9 Å². The summed E-state index contributed by atoms with van der Waals surface area (Å²) < 4.78 is 36.9. The molecule has 114 valence electrons. The zero-order valence-corrected chi connectivity index (χ0v) is 13.4. The number of hydrogen-bond donors (Lipinski definition) is 1. The fraction of sp³-hybridized carbons (Fsp3) is 0.308. The second-order valence-electron chi connectivity index (χ2n) is 4.13. The van der Waals surface area contributed by atoms with Crippen molar-refractivity contribution in [1.82, 2.24) is 9.78 Å². The van der Waals surface area contributed by atoms with Crippen molar-refractivity contribution in [2.24, 2.45) is 0 Å². The van der Waals surface area contributed by atoms with Crippen molar-refractivity contribution in [1.29, 1.82) is 0 Å². The molecule has 0 saturated heterocycles. The molecule has 0 unspecified atom stereocenters. The number of hydrogen-bond acceptors (Lipinski definition) is 4. The molecular formula is C13H14F2IN3O2. The minimum atomic E-state index is -2.89. The summed E-state index contributed by atoms with van der Waals surface area (Å²) in [6.07, 6.45) is 1.66. The lowest BCUT2D eigenvalue weighted by molar-refractivity contribution is -0.0514. The van der Waals surface area contributed by atoms with Crippen LogP contribution in [0.25, 0.3) is 0 Å². The topological polar surface area (TPSA) is 62.3 Å². The Bertz CT molecular complexity index is 619. The van der Waals surface area contributed by atoms with Gasteiger partial charge in [-0.3, -0.25) is 0 Å². The van der Waals surface area contributed by atoms with E-state index in [9.17, 15) is 8.78 Å². The number of nitrogen functional groups attached to an aromatic ring is 1. The number of halogens is 3. The molecule has 0 fully saturated rings. The summed E-state index contributed by atoms with van der Waals surface area (Å²) in [5.41, 5.74) is 6.71. The fourth-order valence-corrected chi connectivity index (χ4v) is 2.19. The van der Waals surface area contributed by atoms with Crippen LogP contribution in [0.3, 0.4) is 0 Å². The first kappa shape index (κ1) is 15.8. The van der Waals surface area contributed by atoms with E-state index in [1.807, 2.05) is 0 Å². The van der Waals surface area contributed by atoms with Gasteiger partial charge in [-0.25, -0.2) is 4.68 Å². The Morgan fingerprint density at radius 2 is 2.14 bits per heavy atom. The van der Waals surface area contributed by atoms with Crippen LogP contribution in [0.15, 0.2) is 24.4 Å². The third kappa shape index (κ3) is 3.96. The Balaban J connectivity index is 2.24. The Morgan fingerprint density at radius 1 is 1.38 bits per heavy atom. The van der Waals surface area contributed by atoms with E-state index in [4.69, 9.17) is 10.5 Å². The zero-order valence-electron chi connectivity index (χ0n) is 11.2. The summed E-state index contributed by atoms with van der Waals surface area (Å²) in [6, 6.07) is 4.78. The van der Waals surface area contributed by atoms with Crippen molar-refractivity contribution in [2.45, 2.75) is 20.1 Å². The Labute approximate surface area is 134 Å². The molecule has 0 saturated carbocycles. The number of benzene rings is 1. The summed E-state index contributed by atoms with van der Waals surface area (Å²) in [6.45, 7) is -0.347. The number of anilines is 1. The highest BCUT2D eigenvalue weighted by Gasteiger charge is 2.12. The van der Waals surface area contributed by atoms with Gasteiger partial charge in [0.2, 0.25) is 0 Å². The van der Waals surface area contributed by atoms with Crippen molar-refractivity contribution in [3.8, 4) is 11.5 Å². The molecule has 0 aliphatic heterocycles. The first-order chi connectivity index (χ1) is 10.0. The summed E-state index contributed by atoms with van der Waals surface area (Å²) in [5.74, 6) is 0.843. The molecule has 21 heavy (non-hydrogen) atoms. The van der Waals surface area contributed by atoms with E-state index in [-0.39, 0.29) is 11.5 Å². The van der Waals surface area contributed by atoms with Gasteiger partial charge in [-0.05, 0) is 47.2 Å². The molecule has 2 aromatic rings. The van der Waals surface area contributed by atoms with Gasteiger partial charge in [0.15, 0.2) is 11.5 Å². The van der Waals surface area contributed by atoms with E-state index < -0.39 is 6.61 Å². The second-order valence-corrected chi connectivity index (χ2v) is 5.29. The van der Waals surface area contributed by atoms with Crippen LogP contribution >= 0.6 is 22.6 Å². The zero-order chi connectivity index (χ0) is 15.4. The maximum atomic E-state index is 12.3. The molecule has 0 atom stereocenters. The quantitative estimate of drug-likeness (QED) is 0.745. The lowest BCUT2D eigenvalue weighted by Gasteiger charge is -2.13. The van der Waals surface area contributed by atoms with E-state index in [0.717, 1.165) is 9.13 Å². The van der Waals surface area contributed by atoms with Crippen LogP contribution in [0.2, 0.25) is 0 Å². The molecule has 0 aliphatic carbocycles. The largest absolute Gasteiger partial charge is 0.490 e. The van der Waals surface area contributed by atoms with Gasteiger partial charge in [-0.2, -0.15) is 13.9 Å². The van der Waals surface area contributed by atoms with Crippen LogP contribution in [-0.2, 0) is 6.54 Å². The molecule has 0 radical (unpaired) electrons. The minimum Gasteiger partial charge on any atom is -0.490 e. The smallest absolute Gasteiger partial charge is 0.387 e. The van der Waals surface area contributed by atoms with Gasteiger partial charge in [0.25, 0.3) is 0 Å². The minimum absolute atomic E-state index is 0.0126. The van der Waals surface area contributed by atoms with Crippen LogP contribution in [0, 0.1) is 3.57 Å². The summed E-state index contributed by atoms with van der Waals surface area (Å²) in [4.78, 5) is 0. The molecule has 8 heteroatoms. The predicted molar refractivity (Wildman–Crippen MR) is 82.7 cm³/mol. The molecule has 2 N–H and O–H groups in total. The Morgan fingerprint density at radius 3 is 2.71 bits per heavy atom. The highest BCUT2D eigenvalue weighted by Crippen LogP contribution is 2.30. The van der Waals surface area contributed by atoms with Gasteiger partial charge in [-0.15, -0.1) is 0 Å². The number of nitrogens with zero attached hydrogens (tertiary/aromatic N) is 2. The van der Waals surface area contributed by atoms with E-state index in [1.165, 1.54) is 6.07 Å². The number of nitrogens with two attached hydrogens (primary N) is 1. The van der Waals surface area contributed by atoms with Gasteiger partial charge in [0.1, 0.15) is 5.82 Å². The third-order valence-electron chi connectivity index (χ3n) is 2.69. The normalized spacial score (nSPS) is 10.9. The van der Waals surface area contributed by atoms with Crippen LogP contribution in [0.1, 0.15) is 12.5 Å². The Hall–Kier alpha value is -1.58. The molecule has 0 spiro atoms. The van der Waals surface area contributed by atoms with Crippen LogP contribution < -0.4 is 15.2 Å². The average molecular weight is 409 g/mol. The van der Waals surface area contributed by atoms with Gasteiger partial charge in [0, 0.05) is 0 Å². The lowest BCUT2D eigenvalue weighted by atomic mass is 10.2. The monoisotopic (exact) mass is 409 g/mol. The first-order valence-corrected chi connectivity index (χ1v) is 7.26. The standard InChI is InChI=1S/C13H14F2IN3O2/c1-2-20-11-5-8(3-4-10(11)21-13(14)15)7-19-12(17)9(16)6-18-19/h3-6,13H,2,7,17H2,1H3. The maximum Gasteiger partial charge on any atom is 0.387 e. The van der Waals surface area contributed by atoms with Crippen molar-refractivity contribution < 1.29 is 18.3 Å². The molecule has 2 rings (SSSR count). The number of aromatic nitrogens is 2. The number of ether oxygens (including phenoxy) is 2. The van der Waals surface area contributed by atoms with Crippen molar-refractivity contribution in [2.75, 3.05) is 12.3 Å². The van der Waals surface area contributed by atoms with Gasteiger partial charge in [0.05, 0.1) is 22.9 Å². The summed E-state index contributed by atoms with van der Waals surface area (Å²) >= 11 is 2.09. The maximum absolute atomic E-state index is 12.3. The van der Waals surface area contributed by atoms with E-state index in [2.05, 4.69) is 32.4 Å². The third-order valence-corrected chi connectivity index (χ3v) is 3.52. The molecule has 1 heterocycles. The number of alkyl halides is 2. The molecule has 0 amide bonds. The average Bonchev–Trinajstić information content (AvgIpc) is 2.73. The van der Waals surface area contributed by atoms with E-state index >= 15 is 0 Å². The fourth-order valence-electron chi connectivity index (χ4n) is 1.78. The molecule has 1 aromatic carbocycles. The second kappa shape index (κ2) is 6.92. The number of rotatable bonds is 6. The lowest BCUT2D eigenvalue weighted by Crippen LogP contribution is -2.08. The van der Waals surface area contributed by atoms with Crippen LogP contribution in [0.5, 0.6) is 11.5 Å². The van der Waals surface area contributed by atoms with E-state index in [0.29, 0.717) is 19.0 Å². The Kier molecular flexibility index (Phi) is 5.21. The molecule has 5 nitrogen and oxygen atoms in total. The van der Waals surface area contributed by atoms with Gasteiger partial charge in [-0.1, -0.05) is 6.07 Å². The first-order valence-electron chi connectivity index (χ1n) is 6.18. The highest BCUT2D eigenvalue weighted by atomic mass is 127. The summed E-state index contributed by atoms with van der Waals surface area (Å²) in [5, 5.41) is 4.15. The van der Waals surface area contributed by atoms with Crippen molar-refractivity contribution in [3.05, 3.63) is 33.5 Å². The van der Waals surface area contributed by atoms with Crippen LogP contribution in [0.4, 0.5) is 14.6 Å². The van der Waals surface area contributed by atoms with Gasteiger partial charge >= 0.3 is 6.61 Å². The van der Waals surface area contributed by atoms with Crippen LogP contribution in [-0.4, -0.2) is 23.0 Å². The molecule has 1 aromatic heterocycles. The van der Waals surface area contributed by atoms with Crippen molar-refractivity contribution in [3.63, 3.8) is 0 Å². The molecule has 0 bridgehead atoms. The molecule has 0 aliphatic rings. The predicted octanol–water partition coefficient (Wildman–Crippen LogP) is 3.12. The van der Waals surface area contributed by atoms with Gasteiger partial charge < -0.3 is 15.2 Å². The molecular weight excluding hydrogens is 395 g/mol.